The van der Waals surface area contributed by atoms with Crippen LogP contribution >= 0.6 is 0 Å². The number of H-pyrrole nitrogens is 1. The van der Waals surface area contributed by atoms with Crippen molar-refractivity contribution in [1.82, 2.24) is 24.9 Å². The van der Waals surface area contributed by atoms with Crippen molar-refractivity contribution < 1.29 is 14.4 Å². The van der Waals surface area contributed by atoms with Gasteiger partial charge in [-0.25, -0.2) is 0 Å². The number of Topliss-reactive ketones (excluding diaryl/α,β-unsaturated/α-hetero) is 1. The van der Waals surface area contributed by atoms with Crippen molar-refractivity contribution in [3.63, 3.8) is 0 Å². The van der Waals surface area contributed by atoms with E-state index in [1.165, 1.54) is 0 Å². The van der Waals surface area contributed by atoms with Gasteiger partial charge in [-0.15, -0.1) is 0 Å². The minimum absolute atomic E-state index is 0.0891. The van der Waals surface area contributed by atoms with Gasteiger partial charge in [-0.05, 0) is 56.7 Å². The molecule has 1 saturated heterocycles. The number of aromatic amines is 1. The first kappa shape index (κ1) is 20.4. The van der Waals surface area contributed by atoms with Crippen LogP contribution in [0.1, 0.15) is 76.1 Å². The summed E-state index contributed by atoms with van der Waals surface area (Å²) in [4.78, 5) is 39.6. The number of rotatable bonds is 3. The number of nitrogens with zero attached hydrogens (tertiary/aromatic N) is 4. The highest BCUT2D eigenvalue weighted by molar-refractivity contribution is 6.06. The zero-order valence-electron chi connectivity index (χ0n) is 18.2. The van der Waals surface area contributed by atoms with Gasteiger partial charge in [0.05, 0.1) is 11.7 Å². The Morgan fingerprint density at radius 2 is 1.94 bits per heavy atom. The number of hydrogen-bond acceptors (Lipinski definition) is 5. The van der Waals surface area contributed by atoms with Crippen LogP contribution in [0.3, 0.4) is 0 Å². The lowest BCUT2D eigenvalue weighted by Crippen LogP contribution is -2.46. The maximum atomic E-state index is 13.2. The van der Waals surface area contributed by atoms with Crippen LogP contribution in [0.2, 0.25) is 0 Å². The van der Waals surface area contributed by atoms with Crippen LogP contribution in [0.5, 0.6) is 0 Å². The molecule has 32 heavy (non-hydrogen) atoms. The number of aromatic nitrogens is 4. The van der Waals surface area contributed by atoms with E-state index in [0.29, 0.717) is 36.0 Å². The van der Waals surface area contributed by atoms with Crippen LogP contribution in [0.25, 0.3) is 10.9 Å². The second-order valence-electron chi connectivity index (χ2n) is 9.32. The molecular formula is C23H26N6O3. The van der Waals surface area contributed by atoms with Crippen molar-refractivity contribution in [2.45, 2.75) is 45.6 Å². The third-order valence-corrected chi connectivity index (χ3v) is 6.88. The zero-order valence-corrected chi connectivity index (χ0v) is 18.2. The van der Waals surface area contributed by atoms with Gasteiger partial charge in [-0.2, -0.15) is 10.2 Å². The maximum absolute atomic E-state index is 13.2. The van der Waals surface area contributed by atoms with E-state index in [0.717, 1.165) is 30.5 Å². The van der Waals surface area contributed by atoms with Gasteiger partial charge >= 0.3 is 0 Å². The topological polar surface area (TPSA) is 127 Å². The first-order chi connectivity index (χ1) is 15.3. The standard InChI is InChI=1S/C23H26N6O3/c1-13(2)29-20-15(12-25-29)10-23(11-18(20)30)5-7-28(8-6-23)22(32)14-3-4-17-16(9-14)19(21(24)31)27-26-17/h3-4,9,12-13H,5-8,10-11H2,1-2H3,(H2,24,31)(H,26,27). The smallest absolute Gasteiger partial charge is 0.269 e. The number of hydrogen-bond donors (Lipinski definition) is 2. The van der Waals surface area contributed by atoms with Crippen LogP contribution in [-0.4, -0.2) is 55.6 Å². The van der Waals surface area contributed by atoms with Crippen molar-refractivity contribution in [1.29, 1.82) is 0 Å². The van der Waals surface area contributed by atoms with Gasteiger partial charge in [0.1, 0.15) is 5.69 Å². The summed E-state index contributed by atoms with van der Waals surface area (Å²) in [5, 5.41) is 11.7. The van der Waals surface area contributed by atoms with Crippen LogP contribution in [0.4, 0.5) is 0 Å². The Balaban J connectivity index is 1.33. The number of nitrogens with two attached hydrogens (primary N) is 1. The van der Waals surface area contributed by atoms with Crippen molar-refractivity contribution in [3.05, 3.63) is 46.9 Å². The Hall–Kier alpha value is -3.49. The Labute approximate surface area is 184 Å². The monoisotopic (exact) mass is 434 g/mol. The molecule has 1 aromatic carbocycles. The number of ketones is 1. The van der Waals surface area contributed by atoms with E-state index in [4.69, 9.17) is 5.73 Å². The number of likely N-dealkylation sites (tertiary alicyclic amines) is 1. The van der Waals surface area contributed by atoms with Gasteiger partial charge in [0, 0.05) is 42.1 Å². The molecule has 0 bridgehead atoms. The Morgan fingerprint density at radius 1 is 1.19 bits per heavy atom. The third kappa shape index (κ3) is 3.19. The van der Waals surface area contributed by atoms with Gasteiger partial charge in [0.15, 0.2) is 11.5 Å². The van der Waals surface area contributed by atoms with Crippen molar-refractivity contribution in [2.24, 2.45) is 11.1 Å². The Kier molecular flexibility index (Phi) is 4.65. The molecule has 0 atom stereocenters. The minimum atomic E-state index is -0.636. The number of carbonyl (C=O) groups is 3. The molecule has 2 aliphatic rings. The molecule has 0 unspecified atom stereocenters. The van der Waals surface area contributed by atoms with Crippen LogP contribution in [-0.2, 0) is 6.42 Å². The molecule has 1 fully saturated rings. The summed E-state index contributed by atoms with van der Waals surface area (Å²) >= 11 is 0. The number of nitrogens with one attached hydrogen (secondary N) is 1. The quantitative estimate of drug-likeness (QED) is 0.655. The first-order valence-electron chi connectivity index (χ1n) is 10.9. The number of fused-ring (bicyclic) bond motifs is 2. The molecule has 0 radical (unpaired) electrons. The fraction of sp³-hybridized carbons (Fsp3) is 0.435. The van der Waals surface area contributed by atoms with Crippen molar-refractivity contribution >= 4 is 28.5 Å². The summed E-state index contributed by atoms with van der Waals surface area (Å²) in [5.74, 6) is -0.571. The van der Waals surface area contributed by atoms with Gasteiger partial charge in [0.2, 0.25) is 0 Å². The Bertz CT molecular complexity index is 1250. The summed E-state index contributed by atoms with van der Waals surface area (Å²) in [6.45, 7) is 5.24. The molecule has 3 aromatic rings. The fourth-order valence-electron chi connectivity index (χ4n) is 5.17. The van der Waals surface area contributed by atoms with Crippen molar-refractivity contribution in [2.75, 3.05) is 13.1 Å². The third-order valence-electron chi connectivity index (χ3n) is 6.88. The van der Waals surface area contributed by atoms with E-state index >= 15 is 0 Å². The molecule has 1 spiro atoms. The number of carbonyl (C=O) groups excluding carboxylic acids is 3. The highest BCUT2D eigenvalue weighted by Crippen LogP contribution is 2.44. The van der Waals surface area contributed by atoms with E-state index in [2.05, 4.69) is 15.3 Å². The molecule has 2 aromatic heterocycles. The van der Waals surface area contributed by atoms with E-state index in [9.17, 15) is 14.4 Å². The maximum Gasteiger partial charge on any atom is 0.269 e. The SMILES string of the molecule is CC(C)n1ncc2c1C(=O)CC1(CCN(C(=O)c3ccc4[nH]nc(C(N)=O)c4c3)CC1)C2. The fourth-order valence-corrected chi connectivity index (χ4v) is 5.17. The summed E-state index contributed by atoms with van der Waals surface area (Å²) in [6, 6.07) is 5.29. The molecule has 3 N–H and O–H groups in total. The summed E-state index contributed by atoms with van der Waals surface area (Å²) < 4.78 is 1.83. The highest BCUT2D eigenvalue weighted by atomic mass is 16.2. The van der Waals surface area contributed by atoms with E-state index in [1.54, 1.807) is 18.2 Å². The van der Waals surface area contributed by atoms with Gasteiger partial charge in [-0.1, -0.05) is 0 Å². The first-order valence-corrected chi connectivity index (χ1v) is 10.9. The summed E-state index contributed by atoms with van der Waals surface area (Å²) in [5.41, 5.74) is 8.34. The number of piperidine rings is 1. The lowest BCUT2D eigenvalue weighted by molar-refractivity contribution is 0.0517. The Morgan fingerprint density at radius 3 is 2.62 bits per heavy atom. The van der Waals surface area contributed by atoms with E-state index < -0.39 is 5.91 Å². The normalized spacial score (nSPS) is 17.8. The molecule has 5 rings (SSSR count). The second-order valence-corrected chi connectivity index (χ2v) is 9.32. The average molecular weight is 435 g/mol. The molecule has 2 amide bonds. The van der Waals surface area contributed by atoms with Gasteiger partial charge in [0.25, 0.3) is 11.8 Å². The minimum Gasteiger partial charge on any atom is -0.364 e. The van der Waals surface area contributed by atoms with E-state index in [1.807, 2.05) is 29.6 Å². The molecule has 3 heterocycles. The predicted molar refractivity (Wildman–Crippen MR) is 117 cm³/mol. The molecular weight excluding hydrogens is 408 g/mol. The molecule has 9 nitrogen and oxygen atoms in total. The average Bonchev–Trinajstić information content (AvgIpc) is 3.37. The summed E-state index contributed by atoms with van der Waals surface area (Å²) in [7, 11) is 0. The van der Waals surface area contributed by atoms with Gasteiger partial charge < -0.3 is 10.6 Å². The van der Waals surface area contributed by atoms with Crippen LogP contribution < -0.4 is 5.73 Å². The molecule has 1 aliphatic heterocycles. The highest BCUT2D eigenvalue weighted by Gasteiger charge is 2.43. The molecule has 9 heteroatoms. The van der Waals surface area contributed by atoms with Crippen molar-refractivity contribution in [3.8, 4) is 0 Å². The number of primary amides is 1. The van der Waals surface area contributed by atoms with Crippen LogP contribution in [0.15, 0.2) is 24.4 Å². The molecule has 166 valence electrons. The lowest BCUT2D eigenvalue weighted by Gasteiger charge is -2.43. The summed E-state index contributed by atoms with van der Waals surface area (Å²) in [6.07, 6.45) is 4.71. The molecule has 0 saturated carbocycles. The van der Waals surface area contributed by atoms with Crippen LogP contribution in [0, 0.1) is 5.41 Å². The molecule has 1 aliphatic carbocycles. The second kappa shape index (κ2) is 7.29. The van der Waals surface area contributed by atoms with E-state index in [-0.39, 0.29) is 28.8 Å². The van der Waals surface area contributed by atoms with Gasteiger partial charge in [-0.3, -0.25) is 24.2 Å². The lowest BCUT2D eigenvalue weighted by atomic mass is 9.67. The zero-order chi connectivity index (χ0) is 22.6. The predicted octanol–water partition coefficient (Wildman–Crippen LogP) is 2.49. The largest absolute Gasteiger partial charge is 0.364 e. The number of amides is 2. The number of benzene rings is 1.